The second-order valence-corrected chi connectivity index (χ2v) is 8.28. The summed E-state index contributed by atoms with van der Waals surface area (Å²) in [6, 6.07) is 7.70. The molecule has 6 nitrogen and oxygen atoms in total. The molecule has 27 heavy (non-hydrogen) atoms. The van der Waals surface area contributed by atoms with Crippen molar-refractivity contribution in [3.63, 3.8) is 0 Å². The molecule has 7 heteroatoms. The molecule has 0 radical (unpaired) electrons. The number of amides is 2. The highest BCUT2D eigenvalue weighted by Gasteiger charge is 2.29. The number of carbonyl (C=O) groups excluding carboxylic acids is 2. The average Bonchev–Trinajstić information content (AvgIpc) is 2.58. The summed E-state index contributed by atoms with van der Waals surface area (Å²) >= 11 is 6.09. The molecule has 2 amide bonds. The summed E-state index contributed by atoms with van der Waals surface area (Å²) in [5, 5.41) is 3.43. The molecule has 1 aromatic rings. The van der Waals surface area contributed by atoms with Gasteiger partial charge in [0.25, 0.3) is 11.8 Å². The van der Waals surface area contributed by atoms with Crippen LogP contribution in [0, 0.1) is 0 Å². The van der Waals surface area contributed by atoms with Gasteiger partial charge in [-0.15, -0.1) is 0 Å². The van der Waals surface area contributed by atoms with E-state index in [4.69, 9.17) is 11.6 Å². The molecule has 1 fully saturated rings. The molecule has 0 atom stereocenters. The molecule has 0 bridgehead atoms. The Bertz CT molecular complexity index is 635. The van der Waals surface area contributed by atoms with Gasteiger partial charge in [0.1, 0.15) is 26.2 Å². The van der Waals surface area contributed by atoms with Gasteiger partial charge in [-0.1, -0.05) is 23.7 Å². The number of benzene rings is 1. The second-order valence-electron chi connectivity index (χ2n) is 7.87. The minimum absolute atomic E-state index is 0.0246. The largest absolute Gasteiger partial charge is 0.333 e. The fraction of sp³-hybridized carbons (Fsp3) is 0.600. The fourth-order valence-electron chi connectivity index (χ4n) is 3.77. The van der Waals surface area contributed by atoms with Gasteiger partial charge in [-0.3, -0.25) is 9.59 Å². The molecule has 0 saturated carbocycles. The maximum Gasteiger partial charge on any atom is 0.279 e. The van der Waals surface area contributed by atoms with Crippen molar-refractivity contribution in [3.8, 4) is 0 Å². The molecule has 1 heterocycles. The van der Waals surface area contributed by atoms with Gasteiger partial charge in [0.05, 0.1) is 10.7 Å². The molecule has 2 rings (SSSR count). The zero-order valence-electron chi connectivity index (χ0n) is 16.8. The number of halogens is 1. The first kappa shape index (κ1) is 21.7. The van der Waals surface area contributed by atoms with Crippen molar-refractivity contribution in [2.24, 2.45) is 0 Å². The van der Waals surface area contributed by atoms with Gasteiger partial charge in [0.2, 0.25) is 0 Å². The molecule has 3 N–H and O–H groups in total. The van der Waals surface area contributed by atoms with Crippen LogP contribution >= 0.6 is 11.6 Å². The van der Waals surface area contributed by atoms with Crippen LogP contribution in [-0.4, -0.2) is 68.1 Å². The van der Waals surface area contributed by atoms with E-state index in [-0.39, 0.29) is 23.9 Å². The lowest BCUT2D eigenvalue weighted by molar-refractivity contribution is -1.00. The lowest BCUT2D eigenvalue weighted by Gasteiger charge is -2.34. The van der Waals surface area contributed by atoms with Crippen LogP contribution in [0.2, 0.25) is 5.02 Å². The number of para-hydroxylation sites is 1. The van der Waals surface area contributed by atoms with Gasteiger partial charge in [-0.2, -0.15) is 0 Å². The zero-order valence-corrected chi connectivity index (χ0v) is 17.6. The quantitative estimate of drug-likeness (QED) is 0.593. The normalized spacial score (nSPS) is 20.0. The van der Waals surface area contributed by atoms with E-state index in [1.807, 2.05) is 17.0 Å². The first-order chi connectivity index (χ1) is 12.8. The fourth-order valence-corrected chi connectivity index (χ4v) is 3.96. The van der Waals surface area contributed by atoms with Crippen molar-refractivity contribution in [1.29, 1.82) is 0 Å². The molecule has 1 aliphatic rings. The molecule has 0 aromatic heterocycles. The Morgan fingerprint density at radius 1 is 1.00 bits per heavy atom. The van der Waals surface area contributed by atoms with Crippen molar-refractivity contribution in [2.75, 3.05) is 44.6 Å². The molecule has 0 aliphatic carbocycles. The summed E-state index contributed by atoms with van der Waals surface area (Å²) in [6.07, 6.45) is 0. The monoisotopic (exact) mass is 396 g/mol. The van der Waals surface area contributed by atoms with Gasteiger partial charge in [-0.05, 0) is 39.8 Å². The van der Waals surface area contributed by atoms with Crippen molar-refractivity contribution < 1.29 is 19.4 Å². The Kier molecular flexibility index (Phi) is 8.07. The van der Waals surface area contributed by atoms with Gasteiger partial charge in [0.15, 0.2) is 13.1 Å². The highest BCUT2D eigenvalue weighted by Crippen LogP contribution is 2.19. The number of hydrogen-bond donors (Lipinski definition) is 3. The van der Waals surface area contributed by atoms with Crippen LogP contribution in [0.25, 0.3) is 0 Å². The zero-order chi connectivity index (χ0) is 20.0. The lowest BCUT2D eigenvalue weighted by atomic mass is 10.2. The smallest absolute Gasteiger partial charge is 0.279 e. The second kappa shape index (κ2) is 10.1. The highest BCUT2D eigenvalue weighted by molar-refractivity contribution is 6.33. The van der Waals surface area contributed by atoms with Crippen molar-refractivity contribution in [1.82, 2.24) is 4.90 Å². The molecule has 0 unspecified atom stereocenters. The number of hydrogen-bond acceptors (Lipinski definition) is 2. The van der Waals surface area contributed by atoms with Crippen LogP contribution in [0.15, 0.2) is 24.3 Å². The van der Waals surface area contributed by atoms with E-state index in [0.717, 1.165) is 26.2 Å². The van der Waals surface area contributed by atoms with Crippen LogP contribution in [0.1, 0.15) is 27.7 Å². The van der Waals surface area contributed by atoms with Crippen LogP contribution in [0.5, 0.6) is 0 Å². The van der Waals surface area contributed by atoms with Crippen LogP contribution in [0.4, 0.5) is 5.69 Å². The van der Waals surface area contributed by atoms with E-state index in [9.17, 15) is 9.59 Å². The van der Waals surface area contributed by atoms with Gasteiger partial charge in [0, 0.05) is 12.1 Å². The number of nitrogens with zero attached hydrogens (tertiary/aromatic N) is 1. The maximum atomic E-state index is 12.6. The first-order valence-corrected chi connectivity index (χ1v) is 10.2. The third kappa shape index (κ3) is 6.48. The summed E-state index contributed by atoms with van der Waals surface area (Å²) in [4.78, 5) is 29.4. The third-order valence-electron chi connectivity index (χ3n) is 5.02. The SMILES string of the molecule is CC(C)N(C(=O)C[NH+]1CC[NH+](CC(=O)Nc2ccccc2Cl)CC1)C(C)C. The van der Waals surface area contributed by atoms with Crippen LogP contribution in [0.3, 0.4) is 0 Å². The molecule has 1 aromatic carbocycles. The van der Waals surface area contributed by atoms with Crippen molar-refractivity contribution in [3.05, 3.63) is 29.3 Å². The predicted octanol–water partition coefficient (Wildman–Crippen LogP) is -0.293. The van der Waals surface area contributed by atoms with E-state index in [0.29, 0.717) is 23.8 Å². The number of carbonyl (C=O) groups is 2. The Labute approximate surface area is 167 Å². The Morgan fingerprint density at radius 2 is 1.52 bits per heavy atom. The summed E-state index contributed by atoms with van der Waals surface area (Å²) in [5.74, 6) is 0.193. The first-order valence-electron chi connectivity index (χ1n) is 9.80. The van der Waals surface area contributed by atoms with E-state index >= 15 is 0 Å². The number of rotatable bonds is 7. The summed E-state index contributed by atoms with van der Waals surface area (Å²) in [5.41, 5.74) is 0.654. The topological polar surface area (TPSA) is 58.3 Å². The lowest BCUT2D eigenvalue weighted by Crippen LogP contribution is -3.28. The third-order valence-corrected chi connectivity index (χ3v) is 5.35. The summed E-state index contributed by atoms with van der Waals surface area (Å²) in [7, 11) is 0. The van der Waals surface area contributed by atoms with Gasteiger partial charge < -0.3 is 20.0 Å². The van der Waals surface area contributed by atoms with Gasteiger partial charge in [-0.25, -0.2) is 0 Å². The molecule has 0 spiro atoms. The Hall–Kier alpha value is -1.63. The minimum Gasteiger partial charge on any atom is -0.333 e. The van der Waals surface area contributed by atoms with Crippen LogP contribution in [-0.2, 0) is 9.59 Å². The van der Waals surface area contributed by atoms with Gasteiger partial charge >= 0.3 is 0 Å². The summed E-state index contributed by atoms with van der Waals surface area (Å²) < 4.78 is 0. The number of quaternary nitrogens is 2. The standard InChI is InChI=1S/C20H31ClN4O2/c1-15(2)25(16(3)4)20(27)14-24-11-9-23(10-12-24)13-19(26)22-18-8-6-5-7-17(18)21/h5-8,15-16H,9-14H2,1-4H3,(H,22,26)/p+2. The van der Waals surface area contributed by atoms with Crippen molar-refractivity contribution in [2.45, 2.75) is 39.8 Å². The van der Waals surface area contributed by atoms with E-state index in [1.54, 1.807) is 12.1 Å². The minimum atomic E-state index is -0.0246. The molecule has 1 aliphatic heterocycles. The molecular weight excluding hydrogens is 364 g/mol. The van der Waals surface area contributed by atoms with Crippen LogP contribution < -0.4 is 15.1 Å². The molecule has 150 valence electrons. The summed E-state index contributed by atoms with van der Waals surface area (Å²) in [6.45, 7) is 12.8. The predicted molar refractivity (Wildman–Crippen MR) is 108 cm³/mol. The number of nitrogens with one attached hydrogen (secondary N) is 3. The van der Waals surface area contributed by atoms with E-state index in [1.165, 1.54) is 9.80 Å². The Morgan fingerprint density at radius 3 is 2.04 bits per heavy atom. The van der Waals surface area contributed by atoms with E-state index < -0.39 is 0 Å². The molecular formula is C20H33ClN4O2+2. The highest BCUT2D eigenvalue weighted by atomic mass is 35.5. The van der Waals surface area contributed by atoms with E-state index in [2.05, 4.69) is 33.0 Å². The number of piperazine rings is 1. The number of anilines is 1. The Balaban J connectivity index is 1.77. The average molecular weight is 397 g/mol. The maximum absolute atomic E-state index is 12.6. The molecule has 1 saturated heterocycles. The van der Waals surface area contributed by atoms with Crippen molar-refractivity contribution >= 4 is 29.1 Å².